The maximum Gasteiger partial charge on any atom is 0.388 e. The van der Waals surface area contributed by atoms with Gasteiger partial charge in [0.1, 0.15) is 46.3 Å². The molecule has 66 heavy (non-hydrogen) atoms. The molecule has 0 aliphatic carbocycles. The molecule has 6 aromatic rings. The Morgan fingerprint density at radius 1 is 0.697 bits per heavy atom. The number of nitrogen functional groups attached to an aromatic ring is 2. The van der Waals surface area contributed by atoms with Gasteiger partial charge in [-0.05, 0) is 32.9 Å². The summed E-state index contributed by atoms with van der Waals surface area (Å²) in [6, 6.07) is 13.8. The minimum Gasteiger partial charge on any atom is -0.465 e. The maximum absolute atomic E-state index is 14.1. The van der Waals surface area contributed by atoms with Crippen LogP contribution in [0, 0.1) is 11.6 Å². The predicted octanol–water partition coefficient (Wildman–Crippen LogP) is 3.89. The molecule has 6 heterocycles. The third-order valence-corrected chi connectivity index (χ3v) is 10.3. The van der Waals surface area contributed by atoms with Gasteiger partial charge in [0.25, 0.3) is 0 Å². The van der Waals surface area contributed by atoms with Crippen LogP contribution in [0.4, 0.5) is 49.6 Å². The van der Waals surface area contributed by atoms with Crippen LogP contribution in [-0.4, -0.2) is 83.0 Å². The highest BCUT2D eigenvalue weighted by molar-refractivity contribution is 6.21. The molecule has 3 amide bonds. The fourth-order valence-electron chi connectivity index (χ4n) is 6.94. The number of hydrogen-bond acceptors (Lipinski definition) is 15. The van der Waals surface area contributed by atoms with E-state index in [2.05, 4.69) is 50.2 Å². The van der Waals surface area contributed by atoms with Gasteiger partial charge < -0.3 is 42.0 Å². The summed E-state index contributed by atoms with van der Waals surface area (Å²) in [5.74, 6) is -5.83. The van der Waals surface area contributed by atoms with Crippen molar-refractivity contribution in [2.75, 3.05) is 28.7 Å². The van der Waals surface area contributed by atoms with Crippen LogP contribution in [0.5, 0.6) is 11.8 Å². The van der Waals surface area contributed by atoms with E-state index >= 15 is 0 Å². The lowest BCUT2D eigenvalue weighted by molar-refractivity contribution is -0.152. The molecule has 2 aliphatic rings. The molecule has 0 spiro atoms. The van der Waals surface area contributed by atoms with Gasteiger partial charge in [-0.2, -0.15) is 27.8 Å². The Morgan fingerprint density at radius 2 is 1.11 bits per heavy atom. The van der Waals surface area contributed by atoms with Crippen molar-refractivity contribution in [2.45, 2.75) is 57.9 Å². The molecule has 4 aromatic heterocycles. The first-order valence-corrected chi connectivity index (χ1v) is 19.2. The van der Waals surface area contributed by atoms with Gasteiger partial charge in [0, 0.05) is 23.3 Å². The summed E-state index contributed by atoms with van der Waals surface area (Å²) in [6.45, 7) is -2.51. The average molecular weight is 924 g/mol. The number of alkyl halides is 4. The van der Waals surface area contributed by atoms with E-state index in [0.29, 0.717) is 0 Å². The van der Waals surface area contributed by atoms with Gasteiger partial charge in [-0.3, -0.25) is 19.2 Å². The number of primary amides is 1. The first-order chi connectivity index (χ1) is 31.3. The van der Waals surface area contributed by atoms with E-state index in [1.54, 1.807) is 19.1 Å². The quantitative estimate of drug-likeness (QED) is 0.0624. The zero-order chi connectivity index (χ0) is 47.8. The highest BCUT2D eigenvalue weighted by Gasteiger charge is 2.54. The second kappa shape index (κ2) is 17.7. The molecule has 2 atom stereocenters. The van der Waals surface area contributed by atoms with E-state index < -0.39 is 59.4 Å². The fourth-order valence-corrected chi connectivity index (χ4v) is 6.94. The molecule has 2 aliphatic heterocycles. The first-order valence-electron chi connectivity index (χ1n) is 19.2. The molecule has 0 fully saturated rings. The number of benzene rings is 2. The number of fused-ring (bicyclic) bond motifs is 2. The molecule has 344 valence electrons. The lowest BCUT2D eigenvalue weighted by atomic mass is 9.84. The monoisotopic (exact) mass is 923 g/mol. The number of anilines is 4. The topological polar surface area (TPSA) is 285 Å². The summed E-state index contributed by atoms with van der Waals surface area (Å²) < 4.78 is 95.9. The number of nitrogens with one attached hydrogen (secondary N) is 2. The van der Waals surface area contributed by atoms with E-state index in [4.69, 9.17) is 21.9 Å². The summed E-state index contributed by atoms with van der Waals surface area (Å²) in [6.07, 6.45) is 0. The van der Waals surface area contributed by atoms with E-state index in [1.807, 2.05) is 0 Å². The summed E-state index contributed by atoms with van der Waals surface area (Å²) >= 11 is 0. The number of nitrogens with zero attached hydrogens (tertiary/aromatic N) is 8. The average Bonchev–Trinajstić information content (AvgIpc) is 3.98. The van der Waals surface area contributed by atoms with Gasteiger partial charge in [0.2, 0.25) is 29.5 Å². The van der Waals surface area contributed by atoms with Crippen LogP contribution in [0.15, 0.2) is 60.7 Å². The normalized spacial score (nSPS) is 17.1. The zero-order valence-electron chi connectivity index (χ0n) is 34.5. The second-order valence-corrected chi connectivity index (χ2v) is 14.5. The number of amides is 3. The predicted molar refractivity (Wildman–Crippen MR) is 217 cm³/mol. The van der Waals surface area contributed by atoms with Gasteiger partial charge in [-0.1, -0.05) is 36.4 Å². The lowest BCUT2D eigenvalue weighted by Gasteiger charge is -2.20. The molecule has 0 saturated carbocycles. The molecular formula is C40H35F6N13O7. The number of rotatable bonds is 13. The molecule has 8 rings (SSSR count). The Hall–Kier alpha value is -8.32. The van der Waals surface area contributed by atoms with Gasteiger partial charge in [-0.15, -0.1) is 0 Å². The summed E-state index contributed by atoms with van der Waals surface area (Å²) in [4.78, 5) is 65.8. The smallest absolute Gasteiger partial charge is 0.388 e. The SMILES string of the molecule is CC1(C(N)=O)C(=O)Nc2nc(-c3cc(OC(F)F)n(Cc4ccccc4F)n3)nc(N)c21.CCOC(=O)C1(C)C(=O)Nc2nc(-c3cc(OC(F)F)n(Cc4ccccc4F)n3)nc(N)c21. The third-order valence-electron chi connectivity index (χ3n) is 10.3. The molecule has 2 unspecified atom stereocenters. The van der Waals surface area contributed by atoms with Gasteiger partial charge >= 0.3 is 19.2 Å². The number of esters is 1. The summed E-state index contributed by atoms with van der Waals surface area (Å²) in [7, 11) is 0. The number of nitrogens with two attached hydrogens (primary N) is 3. The largest absolute Gasteiger partial charge is 0.465 e. The maximum atomic E-state index is 14.1. The van der Waals surface area contributed by atoms with E-state index in [-0.39, 0.29) is 100 Å². The number of carbonyl (C=O) groups is 4. The van der Waals surface area contributed by atoms with E-state index in [0.717, 1.165) is 21.5 Å². The fraction of sp³-hybridized carbons (Fsp3) is 0.250. The molecule has 20 nitrogen and oxygen atoms in total. The number of carbonyl (C=O) groups excluding carboxylic acids is 4. The van der Waals surface area contributed by atoms with Crippen LogP contribution in [0.3, 0.4) is 0 Å². The van der Waals surface area contributed by atoms with Gasteiger partial charge in [0.05, 0.1) is 30.8 Å². The first kappa shape index (κ1) is 45.7. The minimum atomic E-state index is -3.17. The molecule has 0 radical (unpaired) electrons. The lowest BCUT2D eigenvalue weighted by Crippen LogP contribution is -2.44. The van der Waals surface area contributed by atoms with Crippen LogP contribution in [0.1, 0.15) is 43.0 Å². The van der Waals surface area contributed by atoms with Crippen molar-refractivity contribution in [1.29, 1.82) is 0 Å². The van der Waals surface area contributed by atoms with Crippen molar-refractivity contribution in [3.63, 3.8) is 0 Å². The Morgan fingerprint density at radius 3 is 1.50 bits per heavy atom. The van der Waals surface area contributed by atoms with E-state index in [1.165, 1.54) is 50.2 Å². The summed E-state index contributed by atoms with van der Waals surface area (Å²) in [5, 5.41) is 13.2. The highest BCUT2D eigenvalue weighted by Crippen LogP contribution is 2.43. The Bertz CT molecular complexity index is 2910. The Kier molecular flexibility index (Phi) is 12.2. The van der Waals surface area contributed by atoms with Crippen LogP contribution in [0.25, 0.3) is 23.0 Å². The summed E-state index contributed by atoms with van der Waals surface area (Å²) in [5.41, 5.74) is 14.2. The zero-order valence-corrected chi connectivity index (χ0v) is 34.5. The van der Waals surface area contributed by atoms with Crippen LogP contribution in [0.2, 0.25) is 0 Å². The van der Waals surface area contributed by atoms with E-state index in [9.17, 15) is 45.5 Å². The van der Waals surface area contributed by atoms with Crippen molar-refractivity contribution in [2.24, 2.45) is 5.73 Å². The molecule has 8 N–H and O–H groups in total. The molecule has 26 heteroatoms. The number of hydrogen-bond donors (Lipinski definition) is 5. The van der Waals surface area contributed by atoms with Crippen molar-refractivity contribution >= 4 is 47.0 Å². The van der Waals surface area contributed by atoms with Crippen molar-refractivity contribution in [3.05, 3.63) is 94.6 Å². The van der Waals surface area contributed by atoms with Crippen molar-refractivity contribution in [1.82, 2.24) is 39.5 Å². The minimum absolute atomic E-state index is 0.00796. The molecular weight excluding hydrogens is 889 g/mol. The number of halogens is 6. The van der Waals surface area contributed by atoms with Gasteiger partial charge in [-0.25, -0.2) is 38.1 Å². The van der Waals surface area contributed by atoms with Crippen molar-refractivity contribution in [3.8, 4) is 34.8 Å². The van der Waals surface area contributed by atoms with Crippen LogP contribution >= 0.6 is 0 Å². The second-order valence-electron chi connectivity index (χ2n) is 14.5. The molecule has 0 bridgehead atoms. The number of ether oxygens (including phenoxy) is 3. The third kappa shape index (κ3) is 8.41. The Labute approximate surface area is 367 Å². The Balaban J connectivity index is 0.000000197. The molecule has 2 aromatic carbocycles. The van der Waals surface area contributed by atoms with Crippen molar-refractivity contribution < 1.29 is 59.7 Å². The number of aromatic nitrogens is 8. The van der Waals surface area contributed by atoms with Crippen LogP contribution in [-0.2, 0) is 47.8 Å². The molecule has 0 saturated heterocycles. The van der Waals surface area contributed by atoms with Gasteiger partial charge in [0.15, 0.2) is 22.5 Å². The van der Waals surface area contributed by atoms with Crippen LogP contribution < -0.4 is 37.3 Å². The highest BCUT2D eigenvalue weighted by atomic mass is 19.3. The standard InChI is InChI=1S/C21H19F3N6O4.C19H16F3N7O3/c1-3-33-19(32)21(2)14-15(25)26-16(27-17(14)28-18(21)31)12-8-13(34-20(23)24)30(29-12)9-10-6-4-5-7-11(10)22;1-19(16(24)30)12-13(23)25-14(26-15(12)27-17(19)31)10-6-11(32-18(21)22)29(28-10)7-8-4-2-3-5-9(8)20/h4-8,20H,3,9H2,1-2H3,(H3,25,26,27,28,31);2-6,18H,7H2,1H3,(H2,24,30)(H3,23,25,26,27,31).